The molecule has 0 aliphatic rings. The second-order valence-corrected chi connectivity index (χ2v) is 5.79. The van der Waals surface area contributed by atoms with Crippen molar-refractivity contribution < 1.29 is 5.11 Å². The highest BCUT2D eigenvalue weighted by molar-refractivity contribution is 5.78. The predicted octanol–water partition coefficient (Wildman–Crippen LogP) is 2.28. The van der Waals surface area contributed by atoms with E-state index in [1.165, 1.54) is 0 Å². The molecule has 0 amide bonds. The van der Waals surface area contributed by atoms with Crippen LogP contribution in [0.2, 0.25) is 0 Å². The number of anilines is 1. The Morgan fingerprint density at radius 3 is 2.70 bits per heavy atom. The van der Waals surface area contributed by atoms with Gasteiger partial charge in [0.05, 0.1) is 29.4 Å². The standard InChI is InChI=1S/C17H21N5O/c1-11-8-14(20-13(3)19-11)10-22-16-7-5-4-6-15(16)21-17(22)18-9-12(2)23/h4-8,12,23H,9-10H2,1-3H3,(H,18,21). The van der Waals surface area contributed by atoms with E-state index in [-0.39, 0.29) is 0 Å². The summed E-state index contributed by atoms with van der Waals surface area (Å²) in [5.41, 5.74) is 3.85. The number of para-hydroxylation sites is 2. The highest BCUT2D eigenvalue weighted by Gasteiger charge is 2.12. The van der Waals surface area contributed by atoms with E-state index in [0.29, 0.717) is 13.1 Å². The summed E-state index contributed by atoms with van der Waals surface area (Å²) in [6, 6.07) is 9.97. The largest absolute Gasteiger partial charge is 0.392 e. The molecule has 2 heterocycles. The van der Waals surface area contributed by atoms with Crippen molar-refractivity contribution in [2.45, 2.75) is 33.4 Å². The summed E-state index contributed by atoms with van der Waals surface area (Å²) in [5.74, 6) is 1.50. The lowest BCUT2D eigenvalue weighted by atomic mass is 10.3. The van der Waals surface area contributed by atoms with Gasteiger partial charge >= 0.3 is 0 Å². The number of aliphatic hydroxyl groups excluding tert-OH is 1. The zero-order chi connectivity index (χ0) is 16.4. The van der Waals surface area contributed by atoms with E-state index in [0.717, 1.165) is 34.2 Å². The maximum atomic E-state index is 9.52. The molecule has 23 heavy (non-hydrogen) atoms. The van der Waals surface area contributed by atoms with E-state index in [4.69, 9.17) is 0 Å². The number of fused-ring (bicyclic) bond motifs is 1. The second-order valence-electron chi connectivity index (χ2n) is 5.79. The van der Waals surface area contributed by atoms with Crippen molar-refractivity contribution in [2.75, 3.05) is 11.9 Å². The van der Waals surface area contributed by atoms with Crippen LogP contribution in [0.5, 0.6) is 0 Å². The average Bonchev–Trinajstić information content (AvgIpc) is 2.82. The third-order valence-corrected chi connectivity index (χ3v) is 3.55. The molecule has 1 unspecified atom stereocenters. The molecule has 3 rings (SSSR count). The molecular weight excluding hydrogens is 290 g/mol. The van der Waals surface area contributed by atoms with Gasteiger partial charge in [-0.1, -0.05) is 12.1 Å². The van der Waals surface area contributed by atoms with Gasteiger partial charge in [-0.25, -0.2) is 15.0 Å². The molecule has 120 valence electrons. The molecule has 0 fully saturated rings. The summed E-state index contributed by atoms with van der Waals surface area (Å²) in [6.07, 6.45) is -0.438. The van der Waals surface area contributed by atoms with Gasteiger partial charge in [-0.15, -0.1) is 0 Å². The summed E-state index contributed by atoms with van der Waals surface area (Å²) < 4.78 is 2.08. The molecule has 2 aromatic heterocycles. The second kappa shape index (κ2) is 6.34. The van der Waals surface area contributed by atoms with Gasteiger partial charge in [0.15, 0.2) is 0 Å². The minimum atomic E-state index is -0.438. The minimum Gasteiger partial charge on any atom is -0.392 e. The fourth-order valence-corrected chi connectivity index (χ4v) is 2.65. The van der Waals surface area contributed by atoms with Crippen LogP contribution in [0.3, 0.4) is 0 Å². The first-order valence-electron chi connectivity index (χ1n) is 7.71. The lowest BCUT2D eigenvalue weighted by Crippen LogP contribution is -2.18. The van der Waals surface area contributed by atoms with Crippen molar-refractivity contribution in [2.24, 2.45) is 0 Å². The van der Waals surface area contributed by atoms with Crippen LogP contribution in [0, 0.1) is 13.8 Å². The third-order valence-electron chi connectivity index (χ3n) is 3.55. The number of rotatable bonds is 5. The first kappa shape index (κ1) is 15.4. The summed E-state index contributed by atoms with van der Waals surface area (Å²) >= 11 is 0. The molecule has 1 atom stereocenters. The lowest BCUT2D eigenvalue weighted by Gasteiger charge is -2.12. The van der Waals surface area contributed by atoms with Crippen LogP contribution in [0.4, 0.5) is 5.95 Å². The number of benzene rings is 1. The van der Waals surface area contributed by atoms with E-state index in [1.807, 2.05) is 44.2 Å². The lowest BCUT2D eigenvalue weighted by molar-refractivity contribution is 0.208. The van der Waals surface area contributed by atoms with Crippen LogP contribution in [0.15, 0.2) is 30.3 Å². The van der Waals surface area contributed by atoms with E-state index in [1.54, 1.807) is 6.92 Å². The Morgan fingerprint density at radius 2 is 1.96 bits per heavy atom. The molecule has 0 saturated heterocycles. The van der Waals surface area contributed by atoms with E-state index >= 15 is 0 Å². The number of nitrogens with one attached hydrogen (secondary N) is 1. The highest BCUT2D eigenvalue weighted by atomic mass is 16.3. The summed E-state index contributed by atoms with van der Waals surface area (Å²) in [5, 5.41) is 12.7. The molecule has 0 radical (unpaired) electrons. The molecule has 6 heteroatoms. The minimum absolute atomic E-state index is 0.438. The molecule has 0 aliphatic heterocycles. The summed E-state index contributed by atoms with van der Waals surface area (Å²) in [4.78, 5) is 13.5. The SMILES string of the molecule is Cc1cc(Cn2c(NCC(C)O)nc3ccccc32)nc(C)n1. The van der Waals surface area contributed by atoms with Gasteiger partial charge in [0, 0.05) is 12.2 Å². The van der Waals surface area contributed by atoms with E-state index < -0.39 is 6.10 Å². The van der Waals surface area contributed by atoms with Gasteiger partial charge in [-0.2, -0.15) is 0 Å². The maximum absolute atomic E-state index is 9.52. The Labute approximate surface area is 135 Å². The van der Waals surface area contributed by atoms with Gasteiger partial charge in [0.2, 0.25) is 5.95 Å². The molecule has 0 spiro atoms. The van der Waals surface area contributed by atoms with Crippen LogP contribution in [-0.2, 0) is 6.54 Å². The number of hydrogen-bond acceptors (Lipinski definition) is 5. The predicted molar refractivity (Wildman–Crippen MR) is 90.5 cm³/mol. The third kappa shape index (κ3) is 3.48. The Bertz CT molecular complexity index is 805. The smallest absolute Gasteiger partial charge is 0.204 e. The van der Waals surface area contributed by atoms with Crippen molar-refractivity contribution in [3.05, 3.63) is 47.5 Å². The first-order valence-corrected chi connectivity index (χ1v) is 7.71. The van der Waals surface area contributed by atoms with E-state index in [9.17, 15) is 5.11 Å². The molecule has 3 aromatic rings. The van der Waals surface area contributed by atoms with Crippen LogP contribution in [0.25, 0.3) is 11.0 Å². The number of aryl methyl sites for hydroxylation is 2. The van der Waals surface area contributed by atoms with Crippen molar-refractivity contribution >= 4 is 17.0 Å². The highest BCUT2D eigenvalue weighted by Crippen LogP contribution is 2.21. The van der Waals surface area contributed by atoms with E-state index in [2.05, 4.69) is 24.8 Å². The number of hydrogen-bond donors (Lipinski definition) is 2. The van der Waals surface area contributed by atoms with Crippen LogP contribution in [-0.4, -0.2) is 37.3 Å². The van der Waals surface area contributed by atoms with Gasteiger partial charge in [-0.05, 0) is 39.0 Å². The van der Waals surface area contributed by atoms with Crippen molar-refractivity contribution in [1.29, 1.82) is 0 Å². The molecule has 1 aromatic carbocycles. The normalized spacial score (nSPS) is 12.5. The number of nitrogens with zero attached hydrogens (tertiary/aromatic N) is 4. The molecule has 0 aliphatic carbocycles. The Balaban J connectivity index is 2.01. The topological polar surface area (TPSA) is 75.9 Å². The number of aliphatic hydroxyl groups is 1. The van der Waals surface area contributed by atoms with Crippen molar-refractivity contribution in [3.63, 3.8) is 0 Å². The Kier molecular flexibility index (Phi) is 4.25. The summed E-state index contributed by atoms with van der Waals surface area (Å²) in [6.45, 7) is 6.67. The summed E-state index contributed by atoms with van der Waals surface area (Å²) in [7, 11) is 0. The quantitative estimate of drug-likeness (QED) is 0.756. The monoisotopic (exact) mass is 311 g/mol. The molecule has 6 nitrogen and oxygen atoms in total. The van der Waals surface area contributed by atoms with Gasteiger partial charge in [0.25, 0.3) is 0 Å². The maximum Gasteiger partial charge on any atom is 0.204 e. The molecular formula is C17H21N5O. The fourth-order valence-electron chi connectivity index (χ4n) is 2.65. The van der Waals surface area contributed by atoms with Gasteiger partial charge in [0.1, 0.15) is 5.82 Å². The van der Waals surface area contributed by atoms with Crippen LogP contribution < -0.4 is 5.32 Å². The zero-order valence-electron chi connectivity index (χ0n) is 13.6. The molecule has 0 bridgehead atoms. The number of aromatic nitrogens is 4. The average molecular weight is 311 g/mol. The Morgan fingerprint density at radius 1 is 1.17 bits per heavy atom. The van der Waals surface area contributed by atoms with Crippen molar-refractivity contribution in [3.8, 4) is 0 Å². The molecule has 0 saturated carbocycles. The van der Waals surface area contributed by atoms with Crippen LogP contribution in [0.1, 0.15) is 24.1 Å². The fraction of sp³-hybridized carbons (Fsp3) is 0.353. The van der Waals surface area contributed by atoms with Gasteiger partial charge < -0.3 is 15.0 Å². The van der Waals surface area contributed by atoms with Crippen LogP contribution >= 0.6 is 0 Å². The first-order chi connectivity index (χ1) is 11.0. The Hall–Kier alpha value is -2.47. The molecule has 2 N–H and O–H groups in total. The van der Waals surface area contributed by atoms with Crippen molar-refractivity contribution in [1.82, 2.24) is 19.5 Å². The van der Waals surface area contributed by atoms with Gasteiger partial charge in [-0.3, -0.25) is 0 Å². The zero-order valence-corrected chi connectivity index (χ0v) is 13.6. The number of imidazole rings is 1.